The molecule has 0 aliphatic heterocycles. The van der Waals surface area contributed by atoms with Gasteiger partial charge in [-0.1, -0.05) is 0 Å². The fraction of sp³-hybridized carbons (Fsp3) is 0.400. The zero-order chi connectivity index (χ0) is 10.6. The van der Waals surface area contributed by atoms with Crippen molar-refractivity contribution in [2.45, 2.75) is 13.8 Å². The Balaban J connectivity index is 2.74. The number of aryl methyl sites for hydroxylation is 1. The second kappa shape index (κ2) is 4.60. The summed E-state index contributed by atoms with van der Waals surface area (Å²) in [5.74, 6) is -0.311. The molecule has 0 bridgehead atoms. The number of carbonyl (C=O) groups excluding carboxylic acids is 1. The number of carbonyl (C=O) groups is 1. The average molecular weight is 194 g/mol. The van der Waals surface area contributed by atoms with Crippen molar-refractivity contribution < 1.29 is 9.53 Å². The van der Waals surface area contributed by atoms with Gasteiger partial charge in [0.05, 0.1) is 12.8 Å². The summed E-state index contributed by atoms with van der Waals surface area (Å²) in [6, 6.07) is 0. The van der Waals surface area contributed by atoms with Crippen molar-refractivity contribution in [3.8, 4) is 0 Å². The Kier molecular flexibility index (Phi) is 3.45. The summed E-state index contributed by atoms with van der Waals surface area (Å²) in [6.07, 6.45) is 5.04. The zero-order valence-electron chi connectivity index (χ0n) is 8.65. The Hall–Kier alpha value is -1.58. The maximum absolute atomic E-state index is 11.1. The maximum Gasteiger partial charge on any atom is 0.331 e. The number of hydrogen-bond donors (Lipinski definition) is 0. The van der Waals surface area contributed by atoms with Gasteiger partial charge in [0.1, 0.15) is 0 Å². The molecule has 0 amide bonds. The molecule has 4 heteroatoms. The van der Waals surface area contributed by atoms with Crippen molar-refractivity contribution in [2.75, 3.05) is 6.61 Å². The van der Waals surface area contributed by atoms with E-state index in [0.29, 0.717) is 6.61 Å². The third-order valence-corrected chi connectivity index (χ3v) is 1.78. The topological polar surface area (TPSA) is 44.1 Å². The van der Waals surface area contributed by atoms with E-state index >= 15 is 0 Å². The summed E-state index contributed by atoms with van der Waals surface area (Å²) in [4.78, 5) is 11.1. The molecular formula is C10H14N2O2. The van der Waals surface area contributed by atoms with Gasteiger partial charge in [-0.3, -0.25) is 4.68 Å². The predicted octanol–water partition coefficient (Wildman–Crippen LogP) is 1.39. The summed E-state index contributed by atoms with van der Waals surface area (Å²) in [6.45, 7) is 4.04. The molecule has 0 atom stereocenters. The molecule has 0 aromatic carbocycles. The minimum absolute atomic E-state index is 0.311. The van der Waals surface area contributed by atoms with Crippen molar-refractivity contribution in [1.29, 1.82) is 0 Å². The van der Waals surface area contributed by atoms with Crippen LogP contribution in [0.25, 0.3) is 5.57 Å². The normalized spacial score (nSPS) is 11.5. The highest BCUT2D eigenvalue weighted by atomic mass is 16.5. The van der Waals surface area contributed by atoms with Gasteiger partial charge in [0.25, 0.3) is 0 Å². The first-order valence-electron chi connectivity index (χ1n) is 4.47. The number of nitrogens with zero attached hydrogens (tertiary/aromatic N) is 2. The lowest BCUT2D eigenvalue weighted by atomic mass is 10.1. The van der Waals surface area contributed by atoms with Crippen LogP contribution in [0.1, 0.15) is 19.4 Å². The molecule has 0 N–H and O–H groups in total. The quantitative estimate of drug-likeness (QED) is 0.539. The van der Waals surface area contributed by atoms with Gasteiger partial charge in [-0.05, 0) is 19.4 Å². The van der Waals surface area contributed by atoms with Crippen LogP contribution < -0.4 is 0 Å². The number of aromatic nitrogens is 2. The van der Waals surface area contributed by atoms with E-state index in [1.54, 1.807) is 17.8 Å². The molecule has 1 rings (SSSR count). The Morgan fingerprint density at radius 3 is 2.93 bits per heavy atom. The van der Waals surface area contributed by atoms with Gasteiger partial charge in [0, 0.05) is 24.9 Å². The van der Waals surface area contributed by atoms with Gasteiger partial charge in [0.15, 0.2) is 0 Å². The van der Waals surface area contributed by atoms with Crippen LogP contribution in [0.2, 0.25) is 0 Å². The van der Waals surface area contributed by atoms with Gasteiger partial charge in [-0.25, -0.2) is 4.79 Å². The van der Waals surface area contributed by atoms with E-state index in [4.69, 9.17) is 4.74 Å². The third-order valence-electron chi connectivity index (χ3n) is 1.78. The summed E-state index contributed by atoms with van der Waals surface area (Å²) in [5.41, 5.74) is 1.79. The molecule has 0 saturated carbocycles. The fourth-order valence-electron chi connectivity index (χ4n) is 1.07. The first-order valence-corrected chi connectivity index (χ1v) is 4.47. The Bertz CT molecular complexity index is 353. The van der Waals surface area contributed by atoms with E-state index < -0.39 is 0 Å². The highest BCUT2D eigenvalue weighted by Gasteiger charge is 2.02. The fourth-order valence-corrected chi connectivity index (χ4v) is 1.07. The molecule has 0 aliphatic rings. The van der Waals surface area contributed by atoms with Crippen LogP contribution in [0.5, 0.6) is 0 Å². The lowest BCUT2D eigenvalue weighted by Gasteiger charge is -1.97. The largest absolute Gasteiger partial charge is 0.463 e. The SMILES string of the molecule is CCOC(=O)/C=C(\C)c1cnn(C)c1. The highest BCUT2D eigenvalue weighted by Crippen LogP contribution is 2.11. The molecule has 0 aliphatic carbocycles. The van der Waals surface area contributed by atoms with Gasteiger partial charge in [-0.15, -0.1) is 0 Å². The van der Waals surface area contributed by atoms with Gasteiger partial charge >= 0.3 is 5.97 Å². The van der Waals surface area contributed by atoms with Crippen LogP contribution in [0.15, 0.2) is 18.5 Å². The summed E-state index contributed by atoms with van der Waals surface area (Å²) >= 11 is 0. The van der Waals surface area contributed by atoms with Crippen LogP contribution in [-0.2, 0) is 16.6 Å². The van der Waals surface area contributed by atoms with Crippen LogP contribution in [0.3, 0.4) is 0 Å². The first kappa shape index (κ1) is 10.5. The molecule has 76 valence electrons. The number of ether oxygens (including phenoxy) is 1. The van der Waals surface area contributed by atoms with Crippen LogP contribution >= 0.6 is 0 Å². The minimum atomic E-state index is -0.311. The van der Waals surface area contributed by atoms with E-state index in [2.05, 4.69) is 5.10 Å². The molecule has 4 nitrogen and oxygen atoms in total. The van der Waals surface area contributed by atoms with Gasteiger partial charge in [0.2, 0.25) is 0 Å². The summed E-state index contributed by atoms with van der Waals surface area (Å²) < 4.78 is 6.49. The Morgan fingerprint density at radius 1 is 1.71 bits per heavy atom. The summed E-state index contributed by atoms with van der Waals surface area (Å²) in [7, 11) is 1.83. The van der Waals surface area contributed by atoms with E-state index in [1.807, 2.05) is 20.2 Å². The lowest BCUT2D eigenvalue weighted by molar-refractivity contribution is -0.137. The molecule has 0 spiro atoms. The van der Waals surface area contributed by atoms with Crippen molar-refractivity contribution >= 4 is 11.5 Å². The van der Waals surface area contributed by atoms with Crippen molar-refractivity contribution in [2.24, 2.45) is 7.05 Å². The van der Waals surface area contributed by atoms with Gasteiger partial charge < -0.3 is 4.74 Å². The number of rotatable bonds is 3. The van der Waals surface area contributed by atoms with E-state index in [0.717, 1.165) is 11.1 Å². The van der Waals surface area contributed by atoms with Crippen LogP contribution in [-0.4, -0.2) is 22.4 Å². The van der Waals surface area contributed by atoms with E-state index in [9.17, 15) is 4.79 Å². The average Bonchev–Trinajstić information content (AvgIpc) is 2.52. The molecule has 1 aromatic rings. The smallest absolute Gasteiger partial charge is 0.331 e. The molecule has 0 fully saturated rings. The third kappa shape index (κ3) is 2.73. The van der Waals surface area contributed by atoms with Crippen LogP contribution in [0, 0.1) is 0 Å². The lowest BCUT2D eigenvalue weighted by Crippen LogP contribution is -1.99. The summed E-state index contributed by atoms with van der Waals surface area (Å²) in [5, 5.41) is 4.01. The monoisotopic (exact) mass is 194 g/mol. The maximum atomic E-state index is 11.1. The molecule has 0 unspecified atom stereocenters. The molecule has 0 saturated heterocycles. The van der Waals surface area contributed by atoms with E-state index in [-0.39, 0.29) is 5.97 Å². The second-order valence-corrected chi connectivity index (χ2v) is 2.98. The van der Waals surface area contributed by atoms with Gasteiger partial charge in [-0.2, -0.15) is 5.10 Å². The second-order valence-electron chi connectivity index (χ2n) is 2.98. The molecular weight excluding hydrogens is 180 g/mol. The molecule has 14 heavy (non-hydrogen) atoms. The van der Waals surface area contributed by atoms with E-state index in [1.165, 1.54) is 6.08 Å². The number of hydrogen-bond acceptors (Lipinski definition) is 3. The number of esters is 1. The Morgan fingerprint density at radius 2 is 2.43 bits per heavy atom. The zero-order valence-corrected chi connectivity index (χ0v) is 8.65. The van der Waals surface area contributed by atoms with Crippen molar-refractivity contribution in [3.63, 3.8) is 0 Å². The van der Waals surface area contributed by atoms with Crippen molar-refractivity contribution in [1.82, 2.24) is 9.78 Å². The standard InChI is InChI=1S/C10H14N2O2/c1-4-14-10(13)5-8(2)9-6-11-12(3)7-9/h5-7H,4H2,1-3H3/b8-5+. The minimum Gasteiger partial charge on any atom is -0.463 e. The molecule has 1 aromatic heterocycles. The van der Waals surface area contributed by atoms with Crippen molar-refractivity contribution in [3.05, 3.63) is 24.0 Å². The highest BCUT2D eigenvalue weighted by molar-refractivity contribution is 5.90. The Labute approximate surface area is 83.2 Å². The number of allylic oxidation sites excluding steroid dienone is 1. The first-order chi connectivity index (χ1) is 6.63. The predicted molar refractivity (Wildman–Crippen MR) is 53.5 cm³/mol. The molecule has 1 heterocycles. The van der Waals surface area contributed by atoms with Crippen LogP contribution in [0.4, 0.5) is 0 Å². The molecule has 0 radical (unpaired) electrons.